The smallest absolute Gasteiger partial charge is 0.412 e. The fourth-order valence-corrected chi connectivity index (χ4v) is 4.96. The van der Waals surface area contributed by atoms with E-state index >= 15 is 0 Å². The molecule has 1 heterocycles. The number of thiophene rings is 1. The highest BCUT2D eigenvalue weighted by Gasteiger charge is 2.22. The molecule has 0 spiro atoms. The van der Waals surface area contributed by atoms with Crippen LogP contribution in [0.15, 0.2) is 0 Å². The number of rotatable bonds is 18. The molecule has 2 N–H and O–H groups in total. The zero-order valence-corrected chi connectivity index (χ0v) is 20.7. The first-order chi connectivity index (χ1) is 15.0. The van der Waals surface area contributed by atoms with Gasteiger partial charge in [0.1, 0.15) is 5.00 Å². The van der Waals surface area contributed by atoms with Crippen LogP contribution in [0.5, 0.6) is 0 Å². The van der Waals surface area contributed by atoms with Crippen molar-refractivity contribution in [3.63, 3.8) is 0 Å². The lowest BCUT2D eigenvalue weighted by atomic mass is 10.0. The Labute approximate surface area is 193 Å². The molecule has 0 fully saturated rings. The summed E-state index contributed by atoms with van der Waals surface area (Å²) in [4.78, 5) is 24.9. The fourth-order valence-electron chi connectivity index (χ4n) is 3.74. The molecule has 0 aliphatic carbocycles. The summed E-state index contributed by atoms with van der Waals surface area (Å²) in [6, 6.07) is 0. The van der Waals surface area contributed by atoms with Crippen LogP contribution >= 0.6 is 11.3 Å². The van der Waals surface area contributed by atoms with E-state index < -0.39 is 12.1 Å². The van der Waals surface area contributed by atoms with Crippen LogP contribution < -0.4 is 5.32 Å². The molecule has 1 amide bonds. The van der Waals surface area contributed by atoms with Gasteiger partial charge in [0.15, 0.2) is 0 Å². The number of carboxylic acid groups (broad SMARTS) is 1. The van der Waals surface area contributed by atoms with E-state index in [2.05, 4.69) is 19.2 Å². The topological polar surface area (TPSA) is 75.6 Å². The van der Waals surface area contributed by atoms with Gasteiger partial charge >= 0.3 is 12.1 Å². The minimum absolute atomic E-state index is 0.205. The van der Waals surface area contributed by atoms with Crippen molar-refractivity contribution in [1.82, 2.24) is 0 Å². The Hall–Kier alpha value is -1.56. The van der Waals surface area contributed by atoms with Gasteiger partial charge in [0, 0.05) is 4.88 Å². The number of unbranched alkanes of at least 4 members (excludes halogenated alkanes) is 12. The molecule has 1 aromatic rings. The van der Waals surface area contributed by atoms with Gasteiger partial charge in [-0.1, -0.05) is 90.9 Å². The van der Waals surface area contributed by atoms with Gasteiger partial charge in [-0.05, 0) is 31.7 Å². The van der Waals surface area contributed by atoms with E-state index in [1.807, 2.05) is 6.92 Å². The summed E-state index contributed by atoms with van der Waals surface area (Å²) in [5, 5.41) is 12.7. The molecule has 0 radical (unpaired) electrons. The van der Waals surface area contributed by atoms with Crippen LogP contribution in [0.2, 0.25) is 0 Å². The highest BCUT2D eigenvalue weighted by Crippen LogP contribution is 2.34. The number of nitrogens with one attached hydrogen (secondary N) is 1. The van der Waals surface area contributed by atoms with Crippen molar-refractivity contribution in [2.24, 2.45) is 0 Å². The zero-order valence-electron chi connectivity index (χ0n) is 19.9. The first kappa shape index (κ1) is 27.5. The summed E-state index contributed by atoms with van der Waals surface area (Å²) in [5.41, 5.74) is 0.975. The molecule has 0 bridgehead atoms. The second kappa shape index (κ2) is 17.0. The van der Waals surface area contributed by atoms with E-state index in [1.165, 1.54) is 69.1 Å². The van der Waals surface area contributed by atoms with E-state index in [4.69, 9.17) is 4.74 Å². The van der Waals surface area contributed by atoms with Crippen LogP contribution in [0.4, 0.5) is 9.80 Å². The Morgan fingerprint density at radius 2 is 1.35 bits per heavy atom. The molecule has 0 aromatic carbocycles. The average molecular weight is 454 g/mol. The van der Waals surface area contributed by atoms with Crippen LogP contribution in [0, 0.1) is 6.92 Å². The molecule has 0 aliphatic rings. The van der Waals surface area contributed by atoms with E-state index in [1.54, 1.807) is 0 Å². The maximum atomic E-state index is 12.1. The van der Waals surface area contributed by atoms with Gasteiger partial charge in [-0.25, -0.2) is 9.59 Å². The molecule has 1 rings (SSSR count). The third kappa shape index (κ3) is 11.6. The van der Waals surface area contributed by atoms with Crippen LogP contribution in [0.25, 0.3) is 0 Å². The van der Waals surface area contributed by atoms with Crippen molar-refractivity contribution in [3.05, 3.63) is 16.0 Å². The highest BCUT2D eigenvalue weighted by atomic mass is 32.1. The summed E-state index contributed by atoms with van der Waals surface area (Å²) in [6.07, 6.45) is 17.0. The number of anilines is 1. The summed E-state index contributed by atoms with van der Waals surface area (Å²) >= 11 is 1.38. The van der Waals surface area contributed by atoms with Crippen LogP contribution in [-0.4, -0.2) is 23.8 Å². The number of carboxylic acids is 1. The molecule has 0 saturated heterocycles. The molecule has 1 aromatic heterocycles. The summed E-state index contributed by atoms with van der Waals surface area (Å²) in [6.45, 7) is 6.63. The fraction of sp³-hybridized carbons (Fsp3) is 0.760. The van der Waals surface area contributed by atoms with Crippen LogP contribution in [0.1, 0.15) is 125 Å². The number of ether oxygens (including phenoxy) is 1. The summed E-state index contributed by atoms with van der Waals surface area (Å²) in [7, 11) is 0. The molecular formula is C25H43NO4S. The minimum atomic E-state index is -0.998. The number of amides is 1. The zero-order chi connectivity index (χ0) is 22.9. The minimum Gasteiger partial charge on any atom is -0.478 e. The van der Waals surface area contributed by atoms with E-state index in [0.29, 0.717) is 11.6 Å². The Kier molecular flexibility index (Phi) is 15.1. The second-order valence-corrected chi connectivity index (χ2v) is 9.52. The normalized spacial score (nSPS) is 10.9. The molecule has 0 atom stereocenters. The van der Waals surface area contributed by atoms with Gasteiger partial charge in [-0.2, -0.15) is 0 Å². The van der Waals surface area contributed by atoms with Crippen molar-refractivity contribution in [3.8, 4) is 0 Å². The molecule has 0 unspecified atom stereocenters. The number of carbonyl (C=O) groups excluding carboxylic acids is 1. The Morgan fingerprint density at radius 3 is 1.90 bits per heavy atom. The Balaban J connectivity index is 2.43. The number of hydrogen-bond donors (Lipinski definition) is 2. The molecule has 31 heavy (non-hydrogen) atoms. The molecule has 178 valence electrons. The maximum absolute atomic E-state index is 12.1. The SMILES string of the molecule is CCCCCCCCCCc1sc(NC(=O)OCCCCCCCC)c(C(=O)O)c1C. The second-order valence-electron chi connectivity index (χ2n) is 8.41. The van der Waals surface area contributed by atoms with Crippen molar-refractivity contribution >= 4 is 28.4 Å². The molecule has 0 saturated carbocycles. The molecular weight excluding hydrogens is 410 g/mol. The first-order valence-corrected chi connectivity index (χ1v) is 13.1. The molecule has 0 aliphatic heterocycles. The standard InChI is InChI=1S/C25H43NO4S/c1-4-6-8-10-12-13-14-16-18-21-20(3)22(24(27)28)23(31-21)26-25(29)30-19-17-15-11-9-7-5-2/h4-19H2,1-3H3,(H,26,29)(H,27,28). The average Bonchev–Trinajstić information content (AvgIpc) is 3.04. The monoisotopic (exact) mass is 453 g/mol. The Bertz CT molecular complexity index is 642. The first-order valence-electron chi connectivity index (χ1n) is 12.3. The number of hydrogen-bond acceptors (Lipinski definition) is 4. The third-order valence-electron chi connectivity index (χ3n) is 5.66. The van der Waals surface area contributed by atoms with Crippen molar-refractivity contribution in [1.29, 1.82) is 0 Å². The van der Waals surface area contributed by atoms with Gasteiger partial charge in [0.2, 0.25) is 0 Å². The van der Waals surface area contributed by atoms with E-state index in [9.17, 15) is 14.7 Å². The molecule has 5 nitrogen and oxygen atoms in total. The number of aryl methyl sites for hydroxylation is 1. The number of aromatic carboxylic acids is 1. The van der Waals surface area contributed by atoms with Crippen LogP contribution in [-0.2, 0) is 11.2 Å². The molecule has 6 heteroatoms. The van der Waals surface area contributed by atoms with Gasteiger partial charge in [-0.3, -0.25) is 5.32 Å². The van der Waals surface area contributed by atoms with Crippen LogP contribution in [0.3, 0.4) is 0 Å². The van der Waals surface area contributed by atoms with Gasteiger partial charge in [-0.15, -0.1) is 11.3 Å². The predicted molar refractivity (Wildman–Crippen MR) is 131 cm³/mol. The van der Waals surface area contributed by atoms with Crippen molar-refractivity contribution in [2.75, 3.05) is 11.9 Å². The summed E-state index contributed by atoms with van der Waals surface area (Å²) < 4.78 is 5.25. The lowest BCUT2D eigenvalue weighted by Crippen LogP contribution is -2.15. The largest absolute Gasteiger partial charge is 0.478 e. The number of carbonyl (C=O) groups is 2. The van der Waals surface area contributed by atoms with Gasteiger partial charge in [0.25, 0.3) is 0 Å². The maximum Gasteiger partial charge on any atom is 0.412 e. The lowest BCUT2D eigenvalue weighted by molar-refractivity contribution is 0.0697. The van der Waals surface area contributed by atoms with Crippen molar-refractivity contribution < 1.29 is 19.4 Å². The van der Waals surface area contributed by atoms with Gasteiger partial charge in [0.05, 0.1) is 12.2 Å². The Morgan fingerprint density at radius 1 is 0.839 bits per heavy atom. The summed E-state index contributed by atoms with van der Waals surface area (Å²) in [5.74, 6) is -0.998. The highest BCUT2D eigenvalue weighted by molar-refractivity contribution is 7.16. The predicted octanol–water partition coefficient (Wildman–Crippen LogP) is 8.35. The quantitative estimate of drug-likeness (QED) is 0.219. The van der Waals surface area contributed by atoms with Gasteiger partial charge < -0.3 is 9.84 Å². The van der Waals surface area contributed by atoms with Crippen molar-refractivity contribution in [2.45, 2.75) is 117 Å². The van der Waals surface area contributed by atoms with E-state index in [0.717, 1.165) is 49.0 Å². The third-order valence-corrected chi connectivity index (χ3v) is 6.93. The lowest BCUT2D eigenvalue weighted by Gasteiger charge is -2.06. The van der Waals surface area contributed by atoms with E-state index in [-0.39, 0.29) is 5.56 Å².